The number of nitrogens with zero attached hydrogens (tertiary/aromatic N) is 6. The zero-order chi connectivity index (χ0) is 20.9. The van der Waals surface area contributed by atoms with Gasteiger partial charge in [-0.3, -0.25) is 4.90 Å². The van der Waals surface area contributed by atoms with E-state index in [1.165, 1.54) is 28.2 Å². The highest BCUT2D eigenvalue weighted by Crippen LogP contribution is 2.24. The van der Waals surface area contributed by atoms with Crippen LogP contribution in [0.4, 0.5) is 29.5 Å². The van der Waals surface area contributed by atoms with Crippen molar-refractivity contribution in [2.24, 2.45) is 0 Å². The van der Waals surface area contributed by atoms with Crippen LogP contribution in [0.25, 0.3) is 0 Å². The molecule has 0 saturated carbocycles. The molecule has 0 fully saturated rings. The lowest BCUT2D eigenvalue weighted by Gasteiger charge is -2.21. The molecule has 0 aliphatic carbocycles. The number of carbonyl (C=O) groups is 1. The van der Waals surface area contributed by atoms with Crippen molar-refractivity contribution in [3.8, 4) is 5.75 Å². The van der Waals surface area contributed by atoms with Crippen molar-refractivity contribution in [2.45, 2.75) is 19.8 Å². The monoisotopic (exact) mass is 407 g/mol. The normalized spacial score (nSPS) is 11.2. The lowest BCUT2D eigenvalue weighted by Crippen LogP contribution is -2.35. The molecule has 1 aromatic carbocycles. The van der Waals surface area contributed by atoms with Gasteiger partial charge in [0.2, 0.25) is 0 Å². The molecule has 152 valence electrons. The largest absolute Gasteiger partial charge is 0.573 e. The van der Waals surface area contributed by atoms with Crippen LogP contribution in [0.3, 0.4) is 0 Å². The Bertz CT molecular complexity index is 946. The fraction of sp³-hybridized carbons (Fsp3) is 0.235. The minimum absolute atomic E-state index is 0.311. The van der Waals surface area contributed by atoms with Crippen LogP contribution in [0, 0.1) is 0 Å². The van der Waals surface area contributed by atoms with Crippen molar-refractivity contribution >= 4 is 17.5 Å². The second-order valence-electron chi connectivity index (χ2n) is 5.74. The second-order valence-corrected chi connectivity index (χ2v) is 5.74. The molecule has 3 rings (SSSR count). The maximum absolute atomic E-state index is 12.6. The van der Waals surface area contributed by atoms with Gasteiger partial charge in [-0.2, -0.15) is 4.80 Å². The van der Waals surface area contributed by atoms with E-state index in [-0.39, 0.29) is 5.75 Å². The van der Waals surface area contributed by atoms with E-state index in [9.17, 15) is 18.0 Å². The van der Waals surface area contributed by atoms with Gasteiger partial charge in [0.25, 0.3) is 0 Å². The molecule has 2 amide bonds. The van der Waals surface area contributed by atoms with Crippen LogP contribution < -0.4 is 15.0 Å². The Kier molecular flexibility index (Phi) is 5.90. The van der Waals surface area contributed by atoms with Gasteiger partial charge in [0.15, 0.2) is 6.33 Å². The van der Waals surface area contributed by atoms with Gasteiger partial charge in [-0.25, -0.2) is 9.78 Å². The molecule has 1 N–H and O–H groups in total. The Balaban J connectivity index is 1.69. The number of nitrogens with one attached hydrogen (secondary N) is 1. The van der Waals surface area contributed by atoms with E-state index >= 15 is 0 Å². The first-order chi connectivity index (χ1) is 13.8. The summed E-state index contributed by atoms with van der Waals surface area (Å²) in [4.78, 5) is 19.6. The second kappa shape index (κ2) is 8.54. The van der Waals surface area contributed by atoms with E-state index in [2.05, 4.69) is 30.4 Å². The number of pyridine rings is 1. The SMILES string of the molecule is CCN(C(=O)Nc1ccc(OC(F)(F)F)cc1)c1cc(Cn2ncnn2)ccn1. The van der Waals surface area contributed by atoms with E-state index < -0.39 is 12.4 Å². The van der Waals surface area contributed by atoms with Gasteiger partial charge in [0.1, 0.15) is 11.6 Å². The predicted molar refractivity (Wildman–Crippen MR) is 96.3 cm³/mol. The number of urea groups is 1. The predicted octanol–water partition coefficient (Wildman–Crippen LogP) is 3.07. The van der Waals surface area contributed by atoms with Crippen molar-refractivity contribution in [3.63, 3.8) is 0 Å². The molecule has 0 unspecified atom stereocenters. The molecule has 0 spiro atoms. The number of hydrogen-bond acceptors (Lipinski definition) is 6. The van der Waals surface area contributed by atoms with E-state index in [0.717, 1.165) is 17.7 Å². The average Bonchev–Trinajstić information content (AvgIpc) is 3.16. The Labute approximate surface area is 163 Å². The number of rotatable bonds is 6. The summed E-state index contributed by atoms with van der Waals surface area (Å²) in [5.41, 5.74) is 1.12. The number of amides is 2. The zero-order valence-electron chi connectivity index (χ0n) is 15.2. The smallest absolute Gasteiger partial charge is 0.406 e. The van der Waals surface area contributed by atoms with Crippen molar-refractivity contribution < 1.29 is 22.7 Å². The lowest BCUT2D eigenvalue weighted by molar-refractivity contribution is -0.274. The van der Waals surface area contributed by atoms with Crippen molar-refractivity contribution in [1.82, 2.24) is 25.2 Å². The number of tetrazole rings is 1. The fourth-order valence-corrected chi connectivity index (χ4v) is 2.47. The van der Waals surface area contributed by atoms with Crippen molar-refractivity contribution in [2.75, 3.05) is 16.8 Å². The van der Waals surface area contributed by atoms with Crippen LogP contribution in [-0.2, 0) is 6.54 Å². The maximum Gasteiger partial charge on any atom is 0.573 e. The number of benzene rings is 1. The van der Waals surface area contributed by atoms with Gasteiger partial charge in [-0.05, 0) is 54.1 Å². The summed E-state index contributed by atoms with van der Waals surface area (Å²) in [7, 11) is 0. The van der Waals surface area contributed by atoms with E-state index in [0.29, 0.717) is 24.6 Å². The number of carbonyl (C=O) groups excluding carboxylic acids is 1. The Hall–Kier alpha value is -3.70. The van der Waals surface area contributed by atoms with E-state index in [1.807, 2.05) is 0 Å². The third-order valence-electron chi connectivity index (χ3n) is 3.70. The molecule has 3 aromatic rings. The van der Waals surface area contributed by atoms with Gasteiger partial charge in [-0.15, -0.1) is 23.4 Å². The molecule has 0 radical (unpaired) electrons. The third kappa shape index (κ3) is 5.64. The summed E-state index contributed by atoms with van der Waals surface area (Å²) in [6, 6.07) is 7.85. The molecule has 0 aliphatic rings. The Morgan fingerprint density at radius 2 is 2.00 bits per heavy atom. The van der Waals surface area contributed by atoms with Crippen LogP contribution in [0.2, 0.25) is 0 Å². The molecular formula is C17H16F3N7O2. The van der Waals surface area contributed by atoms with Crippen LogP contribution in [0.15, 0.2) is 48.9 Å². The van der Waals surface area contributed by atoms with Gasteiger partial charge in [0, 0.05) is 18.4 Å². The highest BCUT2D eigenvalue weighted by molar-refractivity contribution is 6.01. The van der Waals surface area contributed by atoms with E-state index in [1.54, 1.807) is 25.3 Å². The first kappa shape index (κ1) is 20.0. The highest BCUT2D eigenvalue weighted by Gasteiger charge is 2.31. The van der Waals surface area contributed by atoms with Crippen LogP contribution >= 0.6 is 0 Å². The molecular weight excluding hydrogens is 391 g/mol. The number of ether oxygens (including phenoxy) is 1. The Morgan fingerprint density at radius 3 is 2.62 bits per heavy atom. The summed E-state index contributed by atoms with van der Waals surface area (Å²) in [5, 5.41) is 14.0. The lowest BCUT2D eigenvalue weighted by atomic mass is 10.2. The summed E-state index contributed by atoms with van der Waals surface area (Å²) in [5.74, 6) is 0.0265. The highest BCUT2D eigenvalue weighted by atomic mass is 19.4. The zero-order valence-corrected chi connectivity index (χ0v) is 15.2. The molecule has 2 aromatic heterocycles. The van der Waals surface area contributed by atoms with Crippen molar-refractivity contribution in [1.29, 1.82) is 0 Å². The number of anilines is 2. The average molecular weight is 407 g/mol. The number of halogens is 3. The van der Waals surface area contributed by atoms with Gasteiger partial charge in [-0.1, -0.05) is 0 Å². The first-order valence-electron chi connectivity index (χ1n) is 8.44. The minimum Gasteiger partial charge on any atom is -0.406 e. The van der Waals surface area contributed by atoms with Gasteiger partial charge in [0.05, 0.1) is 6.54 Å². The standard InChI is InChI=1S/C17H16F3N7O2/c1-2-26(15-9-12(7-8-21-15)10-27-23-11-22-25-27)16(28)24-13-3-5-14(6-4-13)29-17(18,19)20/h3-9,11H,2,10H2,1H3,(H,24,28). The molecule has 0 bridgehead atoms. The van der Waals surface area contributed by atoms with Crippen molar-refractivity contribution in [3.05, 3.63) is 54.5 Å². The molecule has 12 heteroatoms. The topological polar surface area (TPSA) is 98.1 Å². The van der Waals surface area contributed by atoms with E-state index in [4.69, 9.17) is 0 Å². The fourth-order valence-electron chi connectivity index (χ4n) is 2.47. The molecule has 0 atom stereocenters. The molecule has 9 nitrogen and oxygen atoms in total. The number of aromatic nitrogens is 5. The quantitative estimate of drug-likeness (QED) is 0.674. The number of alkyl halides is 3. The van der Waals surface area contributed by atoms with Crippen LogP contribution in [0.1, 0.15) is 12.5 Å². The Morgan fingerprint density at radius 1 is 1.24 bits per heavy atom. The van der Waals surface area contributed by atoms with Crippen LogP contribution in [-0.4, -0.2) is 44.1 Å². The molecule has 0 aliphatic heterocycles. The van der Waals surface area contributed by atoms with Crippen LogP contribution in [0.5, 0.6) is 5.75 Å². The van der Waals surface area contributed by atoms with Gasteiger partial charge >= 0.3 is 12.4 Å². The summed E-state index contributed by atoms with van der Waals surface area (Å²) < 4.78 is 40.5. The van der Waals surface area contributed by atoms with Gasteiger partial charge < -0.3 is 10.1 Å². The summed E-state index contributed by atoms with van der Waals surface area (Å²) in [6.45, 7) is 2.45. The first-order valence-corrected chi connectivity index (χ1v) is 8.44. The third-order valence-corrected chi connectivity index (χ3v) is 3.70. The summed E-state index contributed by atoms with van der Waals surface area (Å²) in [6.07, 6.45) is -1.90. The maximum atomic E-state index is 12.6. The minimum atomic E-state index is -4.78. The number of hydrogen-bond donors (Lipinski definition) is 1. The molecule has 2 heterocycles. The molecule has 0 saturated heterocycles. The summed E-state index contributed by atoms with van der Waals surface area (Å²) >= 11 is 0. The molecule has 29 heavy (non-hydrogen) atoms.